The Morgan fingerprint density at radius 2 is 1.80 bits per heavy atom. The maximum absolute atomic E-state index is 13.2. The van der Waals surface area contributed by atoms with Crippen LogP contribution in [0.5, 0.6) is 0 Å². The van der Waals surface area contributed by atoms with Crippen LogP contribution in [-0.2, 0) is 21.4 Å². The molecule has 0 aliphatic carbocycles. The normalized spacial score (nSPS) is 11.4. The Morgan fingerprint density at radius 1 is 1.05 bits per heavy atom. The van der Waals surface area contributed by atoms with Crippen LogP contribution >= 0.6 is 23.4 Å². The van der Waals surface area contributed by atoms with Gasteiger partial charge in [0.1, 0.15) is 6.07 Å². The number of hydrogen-bond acceptors (Lipinski definition) is 7. The standard InChI is InChI=1S/C28H27ClN6O3S2/c1-3-34(4-2)40(37,38)24-12-8-11-21(15-24)27-32-33-28(35(27)18-20-9-6-5-7-10-20)39-19-26(36)31-25-16-23(29)14-13-22(25)17-30/h5-16H,3-4,18-19H2,1-2H3,(H,31,36). The molecule has 0 bridgehead atoms. The SMILES string of the molecule is CCN(CC)S(=O)(=O)c1cccc(-c2nnc(SCC(=O)Nc3cc(Cl)ccc3C#N)n2Cc2ccccc2)c1. The van der Waals surface area contributed by atoms with Gasteiger partial charge in [0.2, 0.25) is 15.9 Å². The van der Waals surface area contributed by atoms with Crippen molar-refractivity contribution in [3.8, 4) is 17.5 Å². The number of nitrogens with zero attached hydrogens (tertiary/aromatic N) is 5. The van der Waals surface area contributed by atoms with Crippen molar-refractivity contribution in [3.63, 3.8) is 0 Å². The molecule has 0 unspecified atom stereocenters. The Balaban J connectivity index is 1.64. The summed E-state index contributed by atoms with van der Waals surface area (Å²) in [4.78, 5) is 12.9. The number of nitrogens with one attached hydrogen (secondary N) is 1. The van der Waals surface area contributed by atoms with E-state index in [1.807, 2.05) is 41.0 Å². The van der Waals surface area contributed by atoms with Crippen LogP contribution in [0, 0.1) is 11.3 Å². The Bertz CT molecular complexity index is 1650. The van der Waals surface area contributed by atoms with Crippen molar-refractivity contribution in [2.45, 2.75) is 30.4 Å². The third kappa shape index (κ3) is 6.71. The molecule has 0 aliphatic heterocycles. The molecule has 4 rings (SSSR count). The molecule has 40 heavy (non-hydrogen) atoms. The lowest BCUT2D eigenvalue weighted by molar-refractivity contribution is -0.113. The zero-order valence-electron chi connectivity index (χ0n) is 21.9. The fourth-order valence-electron chi connectivity index (χ4n) is 4.06. The predicted molar refractivity (Wildman–Crippen MR) is 157 cm³/mol. The lowest BCUT2D eigenvalue weighted by atomic mass is 10.2. The van der Waals surface area contributed by atoms with Crippen molar-refractivity contribution in [2.75, 3.05) is 24.2 Å². The summed E-state index contributed by atoms with van der Waals surface area (Å²) in [6.07, 6.45) is 0. The van der Waals surface area contributed by atoms with Gasteiger partial charge in [-0.1, -0.05) is 79.7 Å². The zero-order valence-corrected chi connectivity index (χ0v) is 24.3. The van der Waals surface area contributed by atoms with E-state index in [-0.39, 0.29) is 16.6 Å². The van der Waals surface area contributed by atoms with Gasteiger partial charge in [0.25, 0.3) is 0 Å². The molecule has 12 heteroatoms. The summed E-state index contributed by atoms with van der Waals surface area (Å²) in [6, 6.07) is 23.0. The van der Waals surface area contributed by atoms with E-state index in [4.69, 9.17) is 11.6 Å². The molecule has 0 saturated carbocycles. The second-order valence-electron chi connectivity index (χ2n) is 8.63. The van der Waals surface area contributed by atoms with E-state index in [0.29, 0.717) is 52.5 Å². The van der Waals surface area contributed by atoms with E-state index in [0.717, 1.165) is 5.56 Å². The monoisotopic (exact) mass is 594 g/mol. The molecule has 1 heterocycles. The van der Waals surface area contributed by atoms with Gasteiger partial charge in [-0.2, -0.15) is 9.57 Å². The largest absolute Gasteiger partial charge is 0.324 e. The highest BCUT2D eigenvalue weighted by molar-refractivity contribution is 7.99. The average molecular weight is 595 g/mol. The van der Waals surface area contributed by atoms with Crippen LogP contribution in [0.25, 0.3) is 11.4 Å². The molecule has 1 amide bonds. The van der Waals surface area contributed by atoms with E-state index in [1.165, 1.54) is 22.1 Å². The maximum Gasteiger partial charge on any atom is 0.243 e. The molecular formula is C28H27ClN6O3S2. The molecular weight excluding hydrogens is 568 g/mol. The molecule has 0 fully saturated rings. The number of carbonyl (C=O) groups is 1. The first-order chi connectivity index (χ1) is 19.3. The van der Waals surface area contributed by atoms with E-state index in [2.05, 4.69) is 15.5 Å². The van der Waals surface area contributed by atoms with Gasteiger partial charge in [0, 0.05) is 23.7 Å². The molecule has 3 aromatic carbocycles. The summed E-state index contributed by atoms with van der Waals surface area (Å²) in [5.74, 6) is 0.137. The van der Waals surface area contributed by atoms with Crippen LogP contribution in [-0.4, -0.2) is 52.2 Å². The minimum atomic E-state index is -3.67. The van der Waals surface area contributed by atoms with Gasteiger partial charge >= 0.3 is 0 Å². The Morgan fingerprint density at radius 3 is 2.50 bits per heavy atom. The fraction of sp³-hybridized carbons (Fsp3) is 0.214. The lowest BCUT2D eigenvalue weighted by Gasteiger charge is -2.19. The maximum atomic E-state index is 13.2. The van der Waals surface area contributed by atoms with Crippen LogP contribution in [0.3, 0.4) is 0 Å². The Labute approximate surface area is 242 Å². The van der Waals surface area contributed by atoms with E-state index in [1.54, 1.807) is 50.2 Å². The van der Waals surface area contributed by atoms with Crippen molar-refractivity contribution >= 4 is 45.0 Å². The average Bonchev–Trinajstić information content (AvgIpc) is 3.35. The highest BCUT2D eigenvalue weighted by atomic mass is 35.5. The number of thioether (sulfide) groups is 1. The minimum absolute atomic E-state index is 0.000678. The van der Waals surface area contributed by atoms with Gasteiger partial charge in [-0.25, -0.2) is 8.42 Å². The summed E-state index contributed by atoms with van der Waals surface area (Å²) in [5.41, 5.74) is 2.21. The molecule has 0 saturated heterocycles. The van der Waals surface area contributed by atoms with Crippen molar-refractivity contribution < 1.29 is 13.2 Å². The molecule has 0 aliphatic rings. The number of aromatic nitrogens is 3. The van der Waals surface area contributed by atoms with Crippen LogP contribution in [0.15, 0.2) is 82.8 Å². The smallest absolute Gasteiger partial charge is 0.243 e. The summed E-state index contributed by atoms with van der Waals surface area (Å²) < 4.78 is 29.6. The molecule has 1 N–H and O–H groups in total. The third-order valence-electron chi connectivity index (χ3n) is 6.04. The quantitative estimate of drug-likeness (QED) is 0.234. The molecule has 9 nitrogen and oxygen atoms in total. The molecule has 206 valence electrons. The Hall–Kier alpha value is -3.69. The second kappa shape index (κ2) is 13.1. The molecule has 0 spiro atoms. The van der Waals surface area contributed by atoms with E-state index in [9.17, 15) is 18.5 Å². The third-order valence-corrected chi connectivity index (χ3v) is 9.29. The second-order valence-corrected chi connectivity index (χ2v) is 12.0. The highest BCUT2D eigenvalue weighted by Crippen LogP contribution is 2.28. The number of rotatable bonds is 11. The van der Waals surface area contributed by atoms with E-state index < -0.39 is 10.0 Å². The highest BCUT2D eigenvalue weighted by Gasteiger charge is 2.23. The van der Waals surface area contributed by atoms with Crippen molar-refractivity contribution in [3.05, 3.63) is 88.9 Å². The number of benzene rings is 3. The number of carbonyl (C=O) groups excluding carboxylic acids is 1. The fourth-order valence-corrected chi connectivity index (χ4v) is 6.47. The summed E-state index contributed by atoms with van der Waals surface area (Å²) >= 11 is 7.22. The molecule has 4 aromatic rings. The molecule has 0 radical (unpaired) electrons. The van der Waals surface area contributed by atoms with Crippen LogP contribution in [0.2, 0.25) is 5.02 Å². The number of amides is 1. The van der Waals surface area contributed by atoms with Gasteiger partial charge in [0.15, 0.2) is 11.0 Å². The van der Waals surface area contributed by atoms with Gasteiger partial charge in [-0.15, -0.1) is 10.2 Å². The van der Waals surface area contributed by atoms with E-state index >= 15 is 0 Å². The van der Waals surface area contributed by atoms with Crippen molar-refractivity contribution in [1.29, 1.82) is 5.26 Å². The number of halogens is 1. The first-order valence-electron chi connectivity index (χ1n) is 12.5. The summed E-state index contributed by atoms with van der Waals surface area (Å²) in [6.45, 7) is 4.73. The van der Waals surface area contributed by atoms with Gasteiger partial charge in [-0.05, 0) is 35.9 Å². The Kier molecular flexibility index (Phi) is 9.60. The van der Waals surface area contributed by atoms with Gasteiger partial charge in [0.05, 0.1) is 28.4 Å². The zero-order chi connectivity index (χ0) is 28.7. The van der Waals surface area contributed by atoms with Crippen LogP contribution in [0.1, 0.15) is 25.0 Å². The van der Waals surface area contributed by atoms with Crippen LogP contribution < -0.4 is 5.32 Å². The predicted octanol–water partition coefficient (Wildman–Crippen LogP) is 5.28. The lowest BCUT2D eigenvalue weighted by Crippen LogP contribution is -2.30. The number of sulfonamides is 1. The summed E-state index contributed by atoms with van der Waals surface area (Å²) in [5, 5.41) is 21.7. The van der Waals surface area contributed by atoms with Gasteiger partial charge in [-0.3, -0.25) is 9.36 Å². The van der Waals surface area contributed by atoms with Gasteiger partial charge < -0.3 is 5.32 Å². The first-order valence-corrected chi connectivity index (χ1v) is 15.3. The number of nitriles is 1. The van der Waals surface area contributed by atoms with Crippen LogP contribution in [0.4, 0.5) is 5.69 Å². The summed E-state index contributed by atoms with van der Waals surface area (Å²) in [7, 11) is -3.67. The molecule has 1 aromatic heterocycles. The molecule has 0 atom stereocenters. The topological polar surface area (TPSA) is 121 Å². The van der Waals surface area contributed by atoms with Crippen molar-refractivity contribution in [1.82, 2.24) is 19.1 Å². The number of anilines is 1. The van der Waals surface area contributed by atoms with Crippen molar-refractivity contribution in [2.24, 2.45) is 0 Å². The first kappa shape index (κ1) is 29.3. The minimum Gasteiger partial charge on any atom is -0.324 e. The number of hydrogen-bond donors (Lipinski definition) is 1.